The molecule has 0 amide bonds. The fourth-order valence-electron chi connectivity index (χ4n) is 5.26. The maximum atomic E-state index is 6.41. The number of hydrogen-bond acceptors (Lipinski definition) is 4. The number of benzene rings is 4. The number of hydrogen-bond donors (Lipinski definition) is 2. The van der Waals surface area contributed by atoms with Crippen molar-refractivity contribution in [3.63, 3.8) is 0 Å². The van der Waals surface area contributed by atoms with Crippen LogP contribution >= 0.6 is 0 Å². The van der Waals surface area contributed by atoms with Gasteiger partial charge in [0.15, 0.2) is 0 Å². The van der Waals surface area contributed by atoms with Crippen LogP contribution in [0.1, 0.15) is 22.4 Å². The lowest BCUT2D eigenvalue weighted by atomic mass is 9.77. The fourth-order valence-corrected chi connectivity index (χ4v) is 5.26. The molecule has 0 saturated carbocycles. The first-order chi connectivity index (χ1) is 18.1. The molecule has 5 heteroatoms. The Morgan fingerprint density at radius 1 is 0.649 bits per heavy atom. The van der Waals surface area contributed by atoms with Crippen molar-refractivity contribution >= 4 is 22.3 Å². The second kappa shape index (κ2) is 8.95. The number of nitrogen functional groups attached to an aromatic ring is 2. The van der Waals surface area contributed by atoms with E-state index in [0.29, 0.717) is 11.4 Å². The van der Waals surface area contributed by atoms with Gasteiger partial charge >= 0.3 is 0 Å². The van der Waals surface area contributed by atoms with Gasteiger partial charge in [0.2, 0.25) is 0 Å². The fraction of sp³-hybridized carbons (Fsp3) is 0.0625. The number of aryl methyl sites for hydroxylation is 1. The van der Waals surface area contributed by atoms with Gasteiger partial charge in [-0.1, -0.05) is 91.0 Å². The molecule has 4 aromatic carbocycles. The molecule has 0 radical (unpaired) electrons. The lowest BCUT2D eigenvalue weighted by molar-refractivity contribution is 0.477. The zero-order chi connectivity index (χ0) is 25.4. The molecule has 0 fully saturated rings. The largest absolute Gasteiger partial charge is 0.397 e. The third-order valence-corrected chi connectivity index (χ3v) is 6.95. The highest BCUT2D eigenvalue weighted by molar-refractivity contribution is 5.98. The van der Waals surface area contributed by atoms with Crippen molar-refractivity contribution in [1.29, 1.82) is 0 Å². The number of nitrogens with two attached hydrogens (primary N) is 2. The molecule has 37 heavy (non-hydrogen) atoms. The van der Waals surface area contributed by atoms with E-state index in [4.69, 9.17) is 16.6 Å². The molecular weight excluding hydrogens is 454 g/mol. The molecule has 4 N–H and O–H groups in total. The van der Waals surface area contributed by atoms with Gasteiger partial charge in [0, 0.05) is 22.8 Å². The quantitative estimate of drug-likeness (QED) is 0.220. The van der Waals surface area contributed by atoms with E-state index in [1.165, 1.54) is 0 Å². The standard InChI is InChI=1S/C32H27N5/c1-22-19-23(17-18-35-22)31-27-20-28(33)29(34)21-30(27)37(36-31)32(24-11-5-2-6-12-24,25-13-7-3-8-14-25)26-15-9-4-10-16-26/h2-21H,33-34H2,1H3. The van der Waals surface area contributed by atoms with Crippen molar-refractivity contribution in [1.82, 2.24) is 14.8 Å². The lowest BCUT2D eigenvalue weighted by Gasteiger charge is -2.37. The van der Waals surface area contributed by atoms with Crippen LogP contribution in [0.2, 0.25) is 0 Å². The van der Waals surface area contributed by atoms with Crippen LogP contribution in [-0.2, 0) is 5.54 Å². The van der Waals surface area contributed by atoms with Crippen LogP contribution in [0.15, 0.2) is 121 Å². The number of anilines is 2. The summed E-state index contributed by atoms with van der Waals surface area (Å²) in [7, 11) is 0. The molecule has 0 aliphatic rings. The molecule has 6 aromatic rings. The monoisotopic (exact) mass is 481 g/mol. The van der Waals surface area contributed by atoms with Crippen molar-refractivity contribution < 1.29 is 0 Å². The summed E-state index contributed by atoms with van der Waals surface area (Å²) < 4.78 is 2.11. The third-order valence-electron chi connectivity index (χ3n) is 6.95. The summed E-state index contributed by atoms with van der Waals surface area (Å²) in [5.74, 6) is 0. The topological polar surface area (TPSA) is 82.8 Å². The SMILES string of the molecule is Cc1cc(-c2nn(C(c3ccccc3)(c3ccccc3)c3ccccc3)c3cc(N)c(N)cc23)ccn1. The molecule has 0 atom stereocenters. The Morgan fingerprint density at radius 2 is 1.16 bits per heavy atom. The summed E-state index contributed by atoms with van der Waals surface area (Å²) in [6.45, 7) is 1.98. The van der Waals surface area contributed by atoms with Gasteiger partial charge < -0.3 is 11.5 Å². The number of pyridine rings is 1. The summed E-state index contributed by atoms with van der Waals surface area (Å²) in [5, 5.41) is 6.30. The normalized spacial score (nSPS) is 11.6. The Balaban J connectivity index is 1.82. The van der Waals surface area contributed by atoms with E-state index in [-0.39, 0.29) is 0 Å². The Kier molecular flexibility index (Phi) is 5.46. The number of aromatic nitrogens is 3. The summed E-state index contributed by atoms with van der Waals surface area (Å²) >= 11 is 0. The van der Waals surface area contributed by atoms with E-state index >= 15 is 0 Å². The Bertz CT molecular complexity index is 1590. The van der Waals surface area contributed by atoms with Gasteiger partial charge in [-0.2, -0.15) is 5.10 Å². The Labute approximate surface area is 216 Å². The highest BCUT2D eigenvalue weighted by Crippen LogP contribution is 2.44. The predicted octanol–water partition coefficient (Wildman–Crippen LogP) is 6.41. The van der Waals surface area contributed by atoms with E-state index in [2.05, 4.69) is 82.5 Å². The first-order valence-electron chi connectivity index (χ1n) is 12.3. The Morgan fingerprint density at radius 3 is 1.68 bits per heavy atom. The van der Waals surface area contributed by atoms with Gasteiger partial charge in [-0.05, 0) is 47.9 Å². The highest BCUT2D eigenvalue weighted by Gasteiger charge is 2.41. The Hall–Kier alpha value is -4.90. The second-order valence-electron chi connectivity index (χ2n) is 9.25. The molecule has 2 heterocycles. The number of nitrogens with zero attached hydrogens (tertiary/aromatic N) is 3. The second-order valence-corrected chi connectivity index (χ2v) is 9.25. The van der Waals surface area contributed by atoms with Crippen LogP contribution in [0, 0.1) is 6.92 Å². The van der Waals surface area contributed by atoms with Gasteiger partial charge in [0.25, 0.3) is 0 Å². The van der Waals surface area contributed by atoms with E-state index in [9.17, 15) is 0 Å². The number of rotatable bonds is 5. The van der Waals surface area contributed by atoms with Gasteiger partial charge in [0.05, 0.1) is 16.9 Å². The van der Waals surface area contributed by atoms with E-state index < -0.39 is 5.54 Å². The van der Waals surface area contributed by atoms with Gasteiger partial charge in [-0.25, -0.2) is 4.68 Å². The molecule has 0 spiro atoms. The van der Waals surface area contributed by atoms with Gasteiger partial charge in [-0.15, -0.1) is 0 Å². The van der Waals surface area contributed by atoms with E-state index in [1.54, 1.807) is 0 Å². The molecule has 0 aliphatic carbocycles. The molecule has 0 aliphatic heterocycles. The molecular formula is C32H27N5. The number of fused-ring (bicyclic) bond motifs is 1. The average molecular weight is 482 g/mol. The molecule has 5 nitrogen and oxygen atoms in total. The summed E-state index contributed by atoms with van der Waals surface area (Å²) in [5.41, 5.74) is 19.9. The van der Waals surface area contributed by atoms with E-state index in [1.807, 2.05) is 55.6 Å². The molecule has 6 rings (SSSR count). The van der Waals surface area contributed by atoms with Crippen molar-refractivity contribution in [2.24, 2.45) is 0 Å². The van der Waals surface area contributed by atoms with Crippen LogP contribution in [-0.4, -0.2) is 14.8 Å². The highest BCUT2D eigenvalue weighted by atomic mass is 15.3. The van der Waals surface area contributed by atoms with Crippen LogP contribution in [0.5, 0.6) is 0 Å². The molecule has 0 unspecified atom stereocenters. The van der Waals surface area contributed by atoms with Gasteiger partial charge in [-0.3, -0.25) is 4.98 Å². The average Bonchev–Trinajstić information content (AvgIpc) is 3.29. The minimum Gasteiger partial charge on any atom is -0.397 e. The van der Waals surface area contributed by atoms with Crippen LogP contribution in [0.3, 0.4) is 0 Å². The van der Waals surface area contributed by atoms with Crippen LogP contribution in [0.25, 0.3) is 22.2 Å². The van der Waals surface area contributed by atoms with E-state index in [0.717, 1.165) is 44.5 Å². The van der Waals surface area contributed by atoms with Crippen LogP contribution < -0.4 is 11.5 Å². The summed E-state index contributed by atoms with van der Waals surface area (Å²) in [6, 6.07) is 39.4. The van der Waals surface area contributed by atoms with Crippen molar-refractivity contribution in [2.75, 3.05) is 11.5 Å². The molecule has 2 aromatic heterocycles. The smallest absolute Gasteiger partial charge is 0.138 e. The van der Waals surface area contributed by atoms with Crippen LogP contribution in [0.4, 0.5) is 11.4 Å². The van der Waals surface area contributed by atoms with Gasteiger partial charge in [0.1, 0.15) is 11.2 Å². The maximum absolute atomic E-state index is 6.41. The predicted molar refractivity (Wildman–Crippen MR) is 151 cm³/mol. The zero-order valence-corrected chi connectivity index (χ0v) is 20.5. The zero-order valence-electron chi connectivity index (χ0n) is 20.5. The molecule has 0 bridgehead atoms. The summed E-state index contributed by atoms with van der Waals surface area (Å²) in [4.78, 5) is 4.40. The molecule has 180 valence electrons. The third kappa shape index (κ3) is 3.64. The first kappa shape index (κ1) is 22.6. The molecule has 0 saturated heterocycles. The summed E-state index contributed by atoms with van der Waals surface area (Å²) in [6.07, 6.45) is 1.81. The first-order valence-corrected chi connectivity index (χ1v) is 12.3. The lowest BCUT2D eigenvalue weighted by Crippen LogP contribution is -2.38. The minimum absolute atomic E-state index is 0.522. The van der Waals surface area contributed by atoms with Crippen molar-refractivity contribution in [3.8, 4) is 11.3 Å². The van der Waals surface area contributed by atoms with Crippen molar-refractivity contribution in [2.45, 2.75) is 12.5 Å². The maximum Gasteiger partial charge on any atom is 0.138 e. The minimum atomic E-state index is -0.773. The van der Waals surface area contributed by atoms with Crippen molar-refractivity contribution in [3.05, 3.63) is 144 Å².